The van der Waals surface area contributed by atoms with Crippen LogP contribution in [0.25, 0.3) is 10.9 Å². The van der Waals surface area contributed by atoms with Gasteiger partial charge < -0.3 is 14.8 Å². The summed E-state index contributed by atoms with van der Waals surface area (Å²) in [5.41, 5.74) is 2.43. The lowest BCUT2D eigenvalue weighted by Crippen LogP contribution is -2.30. The molecule has 0 amide bonds. The lowest BCUT2D eigenvalue weighted by molar-refractivity contribution is 0.0489. The summed E-state index contributed by atoms with van der Waals surface area (Å²) < 4.78 is 11.7. The van der Waals surface area contributed by atoms with Crippen LogP contribution in [0.15, 0.2) is 54.6 Å². The van der Waals surface area contributed by atoms with Crippen LogP contribution in [-0.2, 0) is 15.9 Å². The highest BCUT2D eigenvalue weighted by Gasteiger charge is 2.25. The van der Waals surface area contributed by atoms with Crippen molar-refractivity contribution in [1.29, 1.82) is 0 Å². The number of carbonyl (C=O) groups excluding carboxylic acids is 2. The Labute approximate surface area is 189 Å². The molecular formula is C26H32N2O4. The Morgan fingerprint density at radius 2 is 1.72 bits per heavy atom. The van der Waals surface area contributed by atoms with Crippen LogP contribution in [0.2, 0.25) is 0 Å². The van der Waals surface area contributed by atoms with E-state index in [2.05, 4.69) is 31.3 Å². The Bertz CT molecular complexity index is 1100. The van der Waals surface area contributed by atoms with E-state index in [4.69, 9.17) is 9.47 Å². The molecule has 0 radical (unpaired) electrons. The van der Waals surface area contributed by atoms with Crippen LogP contribution in [0.4, 0.5) is 4.79 Å². The van der Waals surface area contributed by atoms with Gasteiger partial charge in [0.15, 0.2) is 0 Å². The largest absolute Gasteiger partial charge is 0.464 e. The third-order valence-corrected chi connectivity index (χ3v) is 5.21. The number of methoxy groups -OCH3 is 1. The first-order chi connectivity index (χ1) is 15.1. The molecule has 0 bridgehead atoms. The number of hydrogen-bond acceptors (Lipinski definition) is 5. The van der Waals surface area contributed by atoms with Crippen LogP contribution >= 0.6 is 0 Å². The van der Waals surface area contributed by atoms with Gasteiger partial charge in [-0.1, -0.05) is 36.4 Å². The molecule has 2 aromatic carbocycles. The number of fused-ring (bicyclic) bond motifs is 1. The van der Waals surface area contributed by atoms with Crippen molar-refractivity contribution in [1.82, 2.24) is 9.88 Å². The molecule has 3 rings (SSSR count). The Kier molecular flexibility index (Phi) is 7.04. The van der Waals surface area contributed by atoms with E-state index >= 15 is 0 Å². The van der Waals surface area contributed by atoms with Gasteiger partial charge in [-0.3, -0.25) is 0 Å². The number of ether oxygens (including phenoxy) is 2. The van der Waals surface area contributed by atoms with Crippen LogP contribution in [0, 0.1) is 0 Å². The maximum absolute atomic E-state index is 12.8. The highest BCUT2D eigenvalue weighted by atomic mass is 16.6. The fourth-order valence-electron chi connectivity index (χ4n) is 3.83. The number of carbonyl (C=O) groups is 2. The van der Waals surface area contributed by atoms with Gasteiger partial charge in [0.05, 0.1) is 12.6 Å². The summed E-state index contributed by atoms with van der Waals surface area (Å²) in [6, 6.07) is 18.3. The third-order valence-electron chi connectivity index (χ3n) is 5.21. The molecule has 1 aromatic heterocycles. The molecule has 2 atom stereocenters. The van der Waals surface area contributed by atoms with E-state index in [-0.39, 0.29) is 17.8 Å². The van der Waals surface area contributed by atoms with Crippen molar-refractivity contribution in [3.05, 3.63) is 71.4 Å². The third kappa shape index (κ3) is 5.56. The summed E-state index contributed by atoms with van der Waals surface area (Å²) in [5, 5.41) is 4.42. The van der Waals surface area contributed by atoms with Gasteiger partial charge in [-0.2, -0.15) is 0 Å². The molecule has 0 saturated carbocycles. The molecule has 32 heavy (non-hydrogen) atoms. The molecule has 0 aliphatic rings. The molecular weight excluding hydrogens is 404 g/mol. The molecule has 0 saturated heterocycles. The molecule has 170 valence electrons. The fourth-order valence-corrected chi connectivity index (χ4v) is 3.83. The SMILES string of the molecule is COC(=O)c1cc2cc(CC(C)NC(C)c3ccccc3)ccc2n1C(=O)OC(C)(C)C. The fraction of sp³-hybridized carbons (Fsp3) is 0.385. The van der Waals surface area contributed by atoms with E-state index in [0.29, 0.717) is 5.52 Å². The van der Waals surface area contributed by atoms with Gasteiger partial charge in [0.25, 0.3) is 0 Å². The minimum atomic E-state index is -0.683. The topological polar surface area (TPSA) is 69.6 Å². The molecule has 3 aromatic rings. The number of rotatable bonds is 6. The second kappa shape index (κ2) is 9.57. The van der Waals surface area contributed by atoms with E-state index in [0.717, 1.165) is 17.4 Å². The molecule has 0 aliphatic carbocycles. The monoisotopic (exact) mass is 436 g/mol. The molecule has 0 aliphatic heterocycles. The van der Waals surface area contributed by atoms with Crippen molar-refractivity contribution < 1.29 is 19.1 Å². The van der Waals surface area contributed by atoms with E-state index in [1.807, 2.05) is 36.4 Å². The predicted molar refractivity (Wildman–Crippen MR) is 126 cm³/mol. The number of esters is 1. The van der Waals surface area contributed by atoms with Crippen molar-refractivity contribution in [3.63, 3.8) is 0 Å². The Hall–Kier alpha value is -3.12. The zero-order chi connectivity index (χ0) is 23.5. The smallest absolute Gasteiger partial charge is 0.419 e. The van der Waals surface area contributed by atoms with Crippen molar-refractivity contribution in [2.24, 2.45) is 0 Å². The minimum absolute atomic E-state index is 0.151. The molecule has 6 heteroatoms. The molecule has 0 fully saturated rings. The van der Waals surface area contributed by atoms with Crippen LogP contribution in [0.5, 0.6) is 0 Å². The van der Waals surface area contributed by atoms with E-state index in [1.54, 1.807) is 26.8 Å². The first-order valence-electron chi connectivity index (χ1n) is 10.9. The Balaban J connectivity index is 1.85. The van der Waals surface area contributed by atoms with E-state index in [1.165, 1.54) is 17.2 Å². The number of nitrogens with one attached hydrogen (secondary N) is 1. The molecule has 1 N–H and O–H groups in total. The highest BCUT2D eigenvalue weighted by Crippen LogP contribution is 2.25. The van der Waals surface area contributed by atoms with E-state index in [9.17, 15) is 9.59 Å². The normalized spacial score (nSPS) is 13.6. The minimum Gasteiger partial charge on any atom is -0.464 e. The lowest BCUT2D eigenvalue weighted by atomic mass is 10.0. The zero-order valence-electron chi connectivity index (χ0n) is 19.6. The first-order valence-corrected chi connectivity index (χ1v) is 10.9. The zero-order valence-corrected chi connectivity index (χ0v) is 19.6. The number of aromatic nitrogens is 1. The summed E-state index contributed by atoms with van der Waals surface area (Å²) in [7, 11) is 1.30. The molecule has 1 heterocycles. The molecule has 2 unspecified atom stereocenters. The van der Waals surface area contributed by atoms with Gasteiger partial charge in [0.2, 0.25) is 0 Å². The number of benzene rings is 2. The van der Waals surface area contributed by atoms with Crippen molar-refractivity contribution in [3.8, 4) is 0 Å². The summed E-state index contributed by atoms with van der Waals surface area (Å²) in [4.78, 5) is 25.2. The summed E-state index contributed by atoms with van der Waals surface area (Å²) in [5.74, 6) is -0.583. The maximum Gasteiger partial charge on any atom is 0.419 e. The summed E-state index contributed by atoms with van der Waals surface area (Å²) >= 11 is 0. The van der Waals surface area contributed by atoms with Crippen molar-refractivity contribution in [2.75, 3.05) is 7.11 Å². The summed E-state index contributed by atoms with van der Waals surface area (Å²) in [6.07, 6.45) is 0.200. The molecule has 0 spiro atoms. The van der Waals surface area contributed by atoms with Gasteiger partial charge in [-0.25, -0.2) is 14.2 Å². The van der Waals surface area contributed by atoms with Crippen LogP contribution < -0.4 is 5.32 Å². The average molecular weight is 437 g/mol. The highest BCUT2D eigenvalue weighted by molar-refractivity contribution is 6.01. The van der Waals surface area contributed by atoms with Crippen LogP contribution in [0.1, 0.15) is 62.3 Å². The molecule has 6 nitrogen and oxygen atoms in total. The van der Waals surface area contributed by atoms with Gasteiger partial charge >= 0.3 is 12.1 Å². The van der Waals surface area contributed by atoms with Gasteiger partial charge in [-0.15, -0.1) is 0 Å². The maximum atomic E-state index is 12.8. The average Bonchev–Trinajstić information content (AvgIpc) is 3.11. The van der Waals surface area contributed by atoms with E-state index < -0.39 is 17.7 Å². The number of nitrogens with zero attached hydrogens (tertiary/aromatic N) is 1. The van der Waals surface area contributed by atoms with Crippen LogP contribution in [-0.4, -0.2) is 35.4 Å². The lowest BCUT2D eigenvalue weighted by Gasteiger charge is -2.21. The first kappa shape index (κ1) is 23.5. The predicted octanol–water partition coefficient (Wildman–Crippen LogP) is 5.49. The standard InChI is InChI=1S/C26H32N2O4/c1-17(27-18(2)20-10-8-7-9-11-20)14-19-12-13-22-21(15-19)16-23(24(29)31-6)28(22)25(30)32-26(3,4)5/h7-13,15-18,27H,14H2,1-6H3. The van der Waals surface area contributed by atoms with Gasteiger partial charge in [0, 0.05) is 17.5 Å². The van der Waals surface area contributed by atoms with Crippen molar-refractivity contribution >= 4 is 23.0 Å². The second-order valence-corrected chi connectivity index (χ2v) is 9.13. The second-order valence-electron chi connectivity index (χ2n) is 9.13. The number of hydrogen-bond donors (Lipinski definition) is 1. The Morgan fingerprint density at radius 3 is 2.34 bits per heavy atom. The van der Waals surface area contributed by atoms with Gasteiger partial charge in [-0.05, 0) is 70.4 Å². The Morgan fingerprint density at radius 1 is 1.03 bits per heavy atom. The van der Waals surface area contributed by atoms with Gasteiger partial charge in [0.1, 0.15) is 11.3 Å². The summed E-state index contributed by atoms with van der Waals surface area (Å²) in [6.45, 7) is 9.67. The van der Waals surface area contributed by atoms with Crippen molar-refractivity contribution in [2.45, 2.75) is 58.7 Å². The quantitative estimate of drug-likeness (QED) is 0.517. The van der Waals surface area contributed by atoms with Crippen LogP contribution in [0.3, 0.4) is 0 Å².